The average molecular weight is 233 g/mol. The van der Waals surface area contributed by atoms with Gasteiger partial charge >= 0.3 is 0 Å². The van der Waals surface area contributed by atoms with Gasteiger partial charge in [0.25, 0.3) is 0 Å². The van der Waals surface area contributed by atoms with Gasteiger partial charge in [-0.1, -0.05) is 6.07 Å². The van der Waals surface area contributed by atoms with Crippen LogP contribution in [0.3, 0.4) is 0 Å². The zero-order valence-electron chi connectivity index (χ0n) is 9.69. The minimum absolute atomic E-state index is 0.871. The molecule has 3 nitrogen and oxygen atoms in total. The third-order valence-electron chi connectivity index (χ3n) is 2.32. The molecule has 0 aliphatic heterocycles. The number of nitrogens with zero attached hydrogens (tertiary/aromatic N) is 2. The highest BCUT2D eigenvalue weighted by molar-refractivity contribution is 7.98. The van der Waals surface area contributed by atoms with Crippen LogP contribution in [0, 0.1) is 6.92 Å². The Morgan fingerprint density at radius 1 is 1.38 bits per heavy atom. The number of imidazole rings is 1. The van der Waals surface area contributed by atoms with Gasteiger partial charge in [0.1, 0.15) is 0 Å². The number of benzene rings is 1. The second-order valence-corrected chi connectivity index (χ2v) is 4.55. The summed E-state index contributed by atoms with van der Waals surface area (Å²) in [6, 6.07) is 8.31. The summed E-state index contributed by atoms with van der Waals surface area (Å²) in [6.07, 6.45) is 4.07. The molecule has 4 heteroatoms. The molecule has 84 valence electrons. The summed E-state index contributed by atoms with van der Waals surface area (Å²) in [6.45, 7) is 1.99. The lowest BCUT2D eigenvalue weighted by Crippen LogP contribution is -1.98. The maximum Gasteiger partial charge on any atom is 0.207 e. The molecular weight excluding hydrogens is 218 g/mol. The molecule has 0 atom stereocenters. The molecule has 0 aliphatic carbocycles. The maximum absolute atomic E-state index is 4.41. The molecule has 0 fully saturated rings. The monoisotopic (exact) mass is 233 g/mol. The Bertz CT molecular complexity index is 491. The van der Waals surface area contributed by atoms with Crippen molar-refractivity contribution in [1.29, 1.82) is 0 Å². The molecule has 0 unspecified atom stereocenters. The van der Waals surface area contributed by atoms with Crippen molar-refractivity contribution in [1.82, 2.24) is 9.55 Å². The van der Waals surface area contributed by atoms with Crippen molar-refractivity contribution in [3.63, 3.8) is 0 Å². The van der Waals surface area contributed by atoms with Crippen molar-refractivity contribution < 1.29 is 0 Å². The molecule has 1 aromatic carbocycles. The van der Waals surface area contributed by atoms with Crippen LogP contribution in [0.15, 0.2) is 35.4 Å². The first-order valence-corrected chi connectivity index (χ1v) is 6.32. The molecule has 0 spiro atoms. The zero-order valence-corrected chi connectivity index (χ0v) is 10.5. The number of anilines is 2. The van der Waals surface area contributed by atoms with Gasteiger partial charge in [0, 0.05) is 23.8 Å². The SMILES string of the molecule is CSc1cccc(Nc2nc(C)cn2C)c1. The van der Waals surface area contributed by atoms with Crippen LogP contribution in [0.25, 0.3) is 0 Å². The highest BCUT2D eigenvalue weighted by atomic mass is 32.2. The maximum atomic E-state index is 4.41. The summed E-state index contributed by atoms with van der Waals surface area (Å²) < 4.78 is 1.99. The summed E-state index contributed by atoms with van der Waals surface area (Å²) in [5.74, 6) is 0.871. The molecule has 2 aromatic rings. The Morgan fingerprint density at radius 3 is 2.81 bits per heavy atom. The summed E-state index contributed by atoms with van der Waals surface area (Å²) in [5.41, 5.74) is 2.09. The van der Waals surface area contributed by atoms with E-state index in [0.717, 1.165) is 17.3 Å². The first kappa shape index (κ1) is 11.1. The largest absolute Gasteiger partial charge is 0.326 e. The zero-order chi connectivity index (χ0) is 11.5. The predicted molar refractivity (Wildman–Crippen MR) is 69.5 cm³/mol. The Hall–Kier alpha value is -1.42. The van der Waals surface area contributed by atoms with E-state index >= 15 is 0 Å². The Balaban J connectivity index is 2.23. The van der Waals surface area contributed by atoms with Gasteiger partial charge in [0.05, 0.1) is 5.69 Å². The van der Waals surface area contributed by atoms with Crippen LogP contribution in [-0.2, 0) is 7.05 Å². The number of aryl methyl sites for hydroxylation is 2. The predicted octanol–water partition coefficient (Wildman–Crippen LogP) is 3.19. The van der Waals surface area contributed by atoms with E-state index in [4.69, 9.17) is 0 Å². The number of hydrogen-bond acceptors (Lipinski definition) is 3. The van der Waals surface area contributed by atoms with Gasteiger partial charge in [-0.2, -0.15) is 0 Å². The number of rotatable bonds is 3. The van der Waals surface area contributed by atoms with Crippen LogP contribution in [0.4, 0.5) is 11.6 Å². The van der Waals surface area contributed by atoms with Gasteiger partial charge in [0.15, 0.2) is 0 Å². The van der Waals surface area contributed by atoms with E-state index in [9.17, 15) is 0 Å². The standard InChI is InChI=1S/C12H15N3S/c1-9-8-15(2)12(13-9)14-10-5-4-6-11(7-10)16-3/h4-8H,1-3H3,(H,13,14). The minimum Gasteiger partial charge on any atom is -0.326 e. The average Bonchev–Trinajstić information content (AvgIpc) is 2.58. The van der Waals surface area contributed by atoms with Gasteiger partial charge in [-0.05, 0) is 31.4 Å². The highest BCUT2D eigenvalue weighted by Crippen LogP contribution is 2.21. The fourth-order valence-electron chi connectivity index (χ4n) is 1.56. The Kier molecular flexibility index (Phi) is 3.19. The van der Waals surface area contributed by atoms with Crippen molar-refractivity contribution in [2.45, 2.75) is 11.8 Å². The minimum atomic E-state index is 0.871. The molecule has 0 amide bonds. The topological polar surface area (TPSA) is 29.9 Å². The summed E-state index contributed by atoms with van der Waals surface area (Å²) in [4.78, 5) is 5.65. The van der Waals surface area contributed by atoms with E-state index in [-0.39, 0.29) is 0 Å². The molecule has 0 saturated carbocycles. The number of nitrogens with one attached hydrogen (secondary N) is 1. The second kappa shape index (κ2) is 4.61. The molecule has 1 N–H and O–H groups in total. The van der Waals surface area contributed by atoms with E-state index in [1.165, 1.54) is 4.90 Å². The molecular formula is C12H15N3S. The van der Waals surface area contributed by atoms with Gasteiger partial charge in [-0.15, -0.1) is 11.8 Å². The van der Waals surface area contributed by atoms with Crippen LogP contribution < -0.4 is 5.32 Å². The molecule has 2 rings (SSSR count). The van der Waals surface area contributed by atoms with E-state index in [1.54, 1.807) is 11.8 Å². The summed E-state index contributed by atoms with van der Waals surface area (Å²) in [5, 5.41) is 3.31. The molecule has 1 heterocycles. The summed E-state index contributed by atoms with van der Waals surface area (Å²) >= 11 is 1.74. The van der Waals surface area contributed by atoms with Gasteiger partial charge in [0.2, 0.25) is 5.95 Å². The number of thioether (sulfide) groups is 1. The highest BCUT2D eigenvalue weighted by Gasteiger charge is 2.02. The lowest BCUT2D eigenvalue weighted by Gasteiger charge is -2.06. The molecule has 0 radical (unpaired) electrons. The van der Waals surface area contributed by atoms with Crippen LogP contribution in [-0.4, -0.2) is 15.8 Å². The van der Waals surface area contributed by atoms with Crippen LogP contribution in [0.1, 0.15) is 5.69 Å². The van der Waals surface area contributed by atoms with Gasteiger partial charge in [-0.3, -0.25) is 0 Å². The third-order valence-corrected chi connectivity index (χ3v) is 3.05. The summed E-state index contributed by atoms with van der Waals surface area (Å²) in [7, 11) is 1.99. The van der Waals surface area contributed by atoms with Crippen LogP contribution >= 0.6 is 11.8 Å². The van der Waals surface area contributed by atoms with E-state index in [2.05, 4.69) is 28.7 Å². The first-order chi connectivity index (χ1) is 7.69. The lowest BCUT2D eigenvalue weighted by molar-refractivity contribution is 0.923. The van der Waals surface area contributed by atoms with E-state index in [1.807, 2.05) is 36.9 Å². The van der Waals surface area contributed by atoms with Crippen molar-refractivity contribution in [2.24, 2.45) is 7.05 Å². The van der Waals surface area contributed by atoms with Gasteiger partial charge in [-0.25, -0.2) is 4.98 Å². The van der Waals surface area contributed by atoms with Gasteiger partial charge < -0.3 is 9.88 Å². The van der Waals surface area contributed by atoms with Crippen LogP contribution in [0.2, 0.25) is 0 Å². The molecule has 16 heavy (non-hydrogen) atoms. The smallest absolute Gasteiger partial charge is 0.207 e. The number of aromatic nitrogens is 2. The molecule has 0 saturated heterocycles. The van der Waals surface area contributed by atoms with Crippen molar-refractivity contribution in [2.75, 3.05) is 11.6 Å². The van der Waals surface area contributed by atoms with E-state index < -0.39 is 0 Å². The van der Waals surface area contributed by atoms with Crippen molar-refractivity contribution in [3.8, 4) is 0 Å². The lowest BCUT2D eigenvalue weighted by atomic mass is 10.3. The third kappa shape index (κ3) is 2.39. The fraction of sp³-hybridized carbons (Fsp3) is 0.250. The second-order valence-electron chi connectivity index (χ2n) is 3.67. The quantitative estimate of drug-likeness (QED) is 0.826. The van der Waals surface area contributed by atoms with Crippen LogP contribution in [0.5, 0.6) is 0 Å². The molecule has 0 bridgehead atoms. The Labute approximate surface area is 99.9 Å². The molecule has 1 aromatic heterocycles. The van der Waals surface area contributed by atoms with E-state index in [0.29, 0.717) is 0 Å². The first-order valence-electron chi connectivity index (χ1n) is 5.10. The number of hydrogen-bond donors (Lipinski definition) is 1. The normalized spacial score (nSPS) is 10.4. The molecule has 0 aliphatic rings. The Morgan fingerprint density at radius 2 is 2.19 bits per heavy atom. The van der Waals surface area contributed by atoms with Crippen molar-refractivity contribution >= 4 is 23.4 Å². The van der Waals surface area contributed by atoms with Crippen molar-refractivity contribution in [3.05, 3.63) is 36.2 Å². The fourth-order valence-corrected chi connectivity index (χ4v) is 2.02.